The Morgan fingerprint density at radius 3 is 2.65 bits per heavy atom. The molecule has 0 amide bonds. The fourth-order valence-electron chi connectivity index (χ4n) is 1.44. The summed E-state index contributed by atoms with van der Waals surface area (Å²) in [6.45, 7) is 6.78. The highest BCUT2D eigenvalue weighted by atomic mass is 16.1. The number of hydrogen-bond donors (Lipinski definition) is 2. The number of rotatable bonds is 5. The zero-order chi connectivity index (χ0) is 13.0. The normalized spacial score (nSPS) is 12.8. The van der Waals surface area contributed by atoms with Crippen LogP contribution in [-0.4, -0.2) is 29.6 Å². The van der Waals surface area contributed by atoms with Crippen molar-refractivity contribution in [3.8, 4) is 0 Å². The van der Waals surface area contributed by atoms with Crippen LogP contribution < -0.4 is 16.2 Å². The molecular formula is C12H22N4O. The monoisotopic (exact) mass is 238 g/mol. The molecule has 0 fully saturated rings. The van der Waals surface area contributed by atoms with Gasteiger partial charge >= 0.3 is 0 Å². The molecule has 1 heterocycles. The van der Waals surface area contributed by atoms with E-state index in [9.17, 15) is 4.79 Å². The quantitative estimate of drug-likeness (QED) is 0.804. The Labute approximate surface area is 102 Å². The lowest BCUT2D eigenvalue weighted by Gasteiger charge is -2.20. The summed E-state index contributed by atoms with van der Waals surface area (Å²) < 4.78 is 0. The third-order valence-electron chi connectivity index (χ3n) is 2.60. The minimum absolute atomic E-state index is 0.105. The molecule has 17 heavy (non-hydrogen) atoms. The van der Waals surface area contributed by atoms with E-state index in [1.807, 2.05) is 32.7 Å². The number of hydrogen-bond acceptors (Lipinski definition) is 4. The lowest BCUT2D eigenvalue weighted by molar-refractivity contribution is 0.653. The van der Waals surface area contributed by atoms with Crippen LogP contribution in [0, 0.1) is 0 Å². The van der Waals surface area contributed by atoms with E-state index in [1.54, 1.807) is 0 Å². The molecule has 0 saturated carbocycles. The highest BCUT2D eigenvalue weighted by Crippen LogP contribution is 2.12. The molecule has 0 aromatic carbocycles. The smallest absolute Gasteiger partial charge is 0.252 e. The van der Waals surface area contributed by atoms with Crippen LogP contribution in [0.5, 0.6) is 0 Å². The number of anilines is 1. The van der Waals surface area contributed by atoms with Gasteiger partial charge in [-0.15, -0.1) is 0 Å². The second-order valence-corrected chi connectivity index (χ2v) is 4.83. The lowest BCUT2D eigenvalue weighted by Crippen LogP contribution is -2.28. The molecule has 5 heteroatoms. The molecule has 1 unspecified atom stereocenters. The Morgan fingerprint density at radius 1 is 1.47 bits per heavy atom. The largest absolute Gasteiger partial charge is 0.359 e. The summed E-state index contributed by atoms with van der Waals surface area (Å²) in [7, 11) is 1.92. The van der Waals surface area contributed by atoms with E-state index in [1.165, 1.54) is 6.07 Å². The van der Waals surface area contributed by atoms with Gasteiger partial charge in [0.05, 0.1) is 0 Å². The van der Waals surface area contributed by atoms with Gasteiger partial charge in [-0.05, 0) is 13.3 Å². The van der Waals surface area contributed by atoms with E-state index in [2.05, 4.69) is 9.97 Å². The van der Waals surface area contributed by atoms with E-state index in [0.29, 0.717) is 5.82 Å². The zero-order valence-corrected chi connectivity index (χ0v) is 11.0. The molecule has 0 aliphatic rings. The summed E-state index contributed by atoms with van der Waals surface area (Å²) >= 11 is 0. The van der Waals surface area contributed by atoms with Gasteiger partial charge in [0, 0.05) is 31.6 Å². The first-order valence-electron chi connectivity index (χ1n) is 5.98. The van der Waals surface area contributed by atoms with Crippen LogP contribution >= 0.6 is 0 Å². The number of aromatic nitrogens is 2. The summed E-state index contributed by atoms with van der Waals surface area (Å²) in [5.74, 6) is 1.64. The van der Waals surface area contributed by atoms with Gasteiger partial charge in [0.2, 0.25) is 0 Å². The van der Waals surface area contributed by atoms with Crippen LogP contribution in [0.15, 0.2) is 10.9 Å². The van der Waals surface area contributed by atoms with Crippen LogP contribution in [0.3, 0.4) is 0 Å². The average Bonchev–Trinajstić information content (AvgIpc) is 2.24. The number of nitrogens with zero attached hydrogens (tertiary/aromatic N) is 2. The maximum absolute atomic E-state index is 11.5. The molecule has 1 atom stereocenters. The molecule has 0 saturated heterocycles. The Hall–Kier alpha value is -1.36. The predicted octanol–water partition coefficient (Wildman–Crippen LogP) is 1.07. The van der Waals surface area contributed by atoms with Gasteiger partial charge in [-0.1, -0.05) is 13.8 Å². The van der Waals surface area contributed by atoms with E-state index in [4.69, 9.17) is 5.73 Å². The van der Waals surface area contributed by atoms with Crippen molar-refractivity contribution in [2.75, 3.05) is 18.5 Å². The topological polar surface area (TPSA) is 75.0 Å². The van der Waals surface area contributed by atoms with Crippen LogP contribution in [0.2, 0.25) is 0 Å². The van der Waals surface area contributed by atoms with E-state index >= 15 is 0 Å². The first kappa shape index (κ1) is 13.7. The second kappa shape index (κ2) is 5.82. The first-order chi connectivity index (χ1) is 7.90. The van der Waals surface area contributed by atoms with Gasteiger partial charge < -0.3 is 15.6 Å². The zero-order valence-electron chi connectivity index (χ0n) is 11.0. The SMILES string of the molecule is CC(N)CCN(C)c1cc(=O)[nH]c(C(C)C)n1. The molecule has 96 valence electrons. The van der Waals surface area contributed by atoms with Crippen molar-refractivity contribution in [3.63, 3.8) is 0 Å². The predicted molar refractivity (Wildman–Crippen MR) is 70.5 cm³/mol. The molecule has 1 aromatic rings. The van der Waals surface area contributed by atoms with Crippen molar-refractivity contribution >= 4 is 5.82 Å². The summed E-state index contributed by atoms with van der Waals surface area (Å²) in [5, 5.41) is 0. The van der Waals surface area contributed by atoms with E-state index < -0.39 is 0 Å². The number of aromatic amines is 1. The maximum Gasteiger partial charge on any atom is 0.252 e. The number of nitrogens with one attached hydrogen (secondary N) is 1. The molecule has 0 spiro atoms. The van der Waals surface area contributed by atoms with Crippen LogP contribution in [-0.2, 0) is 0 Å². The third kappa shape index (κ3) is 4.19. The average molecular weight is 238 g/mol. The summed E-state index contributed by atoms with van der Waals surface area (Å²) in [5.41, 5.74) is 5.61. The van der Waals surface area contributed by atoms with Crippen molar-refractivity contribution in [2.24, 2.45) is 5.73 Å². The Balaban J connectivity index is 2.86. The number of H-pyrrole nitrogens is 1. The van der Waals surface area contributed by atoms with Gasteiger partial charge in [-0.25, -0.2) is 4.98 Å². The molecule has 1 aromatic heterocycles. The highest BCUT2D eigenvalue weighted by Gasteiger charge is 2.09. The molecule has 5 nitrogen and oxygen atoms in total. The molecule has 0 aliphatic heterocycles. The lowest BCUT2D eigenvalue weighted by atomic mass is 10.2. The standard InChI is InChI=1S/C12H22N4O/c1-8(2)12-14-10(7-11(17)15-12)16(4)6-5-9(3)13/h7-9H,5-6,13H2,1-4H3,(H,14,15,17). The van der Waals surface area contributed by atoms with Gasteiger partial charge in [0.15, 0.2) is 0 Å². The van der Waals surface area contributed by atoms with Gasteiger partial charge in [0.25, 0.3) is 5.56 Å². The van der Waals surface area contributed by atoms with Crippen molar-refractivity contribution in [1.82, 2.24) is 9.97 Å². The Morgan fingerprint density at radius 2 is 2.12 bits per heavy atom. The van der Waals surface area contributed by atoms with Crippen molar-refractivity contribution in [3.05, 3.63) is 22.2 Å². The molecule has 1 rings (SSSR count). The Kier molecular flexibility index (Phi) is 4.69. The number of nitrogens with two attached hydrogens (primary N) is 1. The van der Waals surface area contributed by atoms with Gasteiger partial charge in [0.1, 0.15) is 11.6 Å². The fraction of sp³-hybridized carbons (Fsp3) is 0.667. The van der Waals surface area contributed by atoms with Crippen LogP contribution in [0.25, 0.3) is 0 Å². The fourth-order valence-corrected chi connectivity index (χ4v) is 1.44. The highest BCUT2D eigenvalue weighted by molar-refractivity contribution is 5.36. The summed E-state index contributed by atoms with van der Waals surface area (Å²) in [6, 6.07) is 1.68. The molecule has 0 aliphatic carbocycles. The summed E-state index contributed by atoms with van der Waals surface area (Å²) in [4.78, 5) is 20.7. The van der Waals surface area contributed by atoms with Gasteiger partial charge in [-0.3, -0.25) is 4.79 Å². The van der Waals surface area contributed by atoms with Crippen molar-refractivity contribution in [2.45, 2.75) is 39.2 Å². The molecular weight excluding hydrogens is 216 g/mol. The first-order valence-corrected chi connectivity index (χ1v) is 5.98. The Bertz CT molecular complexity index is 411. The second-order valence-electron chi connectivity index (χ2n) is 4.83. The third-order valence-corrected chi connectivity index (χ3v) is 2.60. The van der Waals surface area contributed by atoms with Crippen LogP contribution in [0.1, 0.15) is 38.9 Å². The molecule has 3 N–H and O–H groups in total. The van der Waals surface area contributed by atoms with Crippen molar-refractivity contribution < 1.29 is 0 Å². The van der Waals surface area contributed by atoms with Crippen molar-refractivity contribution in [1.29, 1.82) is 0 Å². The van der Waals surface area contributed by atoms with E-state index in [-0.39, 0.29) is 17.5 Å². The molecule has 0 bridgehead atoms. The molecule has 0 radical (unpaired) electrons. The minimum atomic E-state index is -0.105. The minimum Gasteiger partial charge on any atom is -0.359 e. The van der Waals surface area contributed by atoms with Gasteiger partial charge in [-0.2, -0.15) is 0 Å². The maximum atomic E-state index is 11.5. The van der Waals surface area contributed by atoms with E-state index in [0.717, 1.165) is 18.8 Å². The van der Waals surface area contributed by atoms with Crippen LogP contribution in [0.4, 0.5) is 5.82 Å². The summed E-state index contributed by atoms with van der Waals surface area (Å²) in [6.07, 6.45) is 0.877.